The van der Waals surface area contributed by atoms with Gasteiger partial charge in [0.15, 0.2) is 0 Å². The standard InChI is InChI=1S/C20H24N6O2/c27-18(6-2-11-26-15-21-14-23-26)24-9-3-10-25(13-12-24)20(28)17-5-1-4-16-7-8-22-19(16)17/h1,4-5,7-8,14-15,22H,2-3,6,9-13H2. The molecule has 0 atom stereocenters. The van der Waals surface area contributed by atoms with Gasteiger partial charge in [0.05, 0.1) is 11.1 Å². The third kappa shape index (κ3) is 3.90. The first-order valence-corrected chi connectivity index (χ1v) is 9.68. The van der Waals surface area contributed by atoms with E-state index in [-0.39, 0.29) is 11.8 Å². The molecule has 0 spiro atoms. The number of aromatic nitrogens is 4. The number of carbonyl (C=O) groups is 2. The second-order valence-corrected chi connectivity index (χ2v) is 7.04. The molecule has 4 rings (SSSR count). The Balaban J connectivity index is 1.33. The maximum atomic E-state index is 13.0. The zero-order valence-corrected chi connectivity index (χ0v) is 15.8. The van der Waals surface area contributed by atoms with Gasteiger partial charge in [-0.25, -0.2) is 4.98 Å². The van der Waals surface area contributed by atoms with E-state index in [4.69, 9.17) is 0 Å². The summed E-state index contributed by atoms with van der Waals surface area (Å²) < 4.78 is 1.73. The highest BCUT2D eigenvalue weighted by Crippen LogP contribution is 2.19. The van der Waals surface area contributed by atoms with Crippen LogP contribution in [-0.2, 0) is 11.3 Å². The first-order valence-electron chi connectivity index (χ1n) is 9.68. The van der Waals surface area contributed by atoms with Crippen molar-refractivity contribution in [2.24, 2.45) is 0 Å². The number of amides is 2. The fourth-order valence-electron chi connectivity index (χ4n) is 3.70. The summed E-state index contributed by atoms with van der Waals surface area (Å²) in [5.41, 5.74) is 1.56. The number of rotatable bonds is 5. The molecule has 0 radical (unpaired) electrons. The number of nitrogens with zero attached hydrogens (tertiary/aromatic N) is 5. The summed E-state index contributed by atoms with van der Waals surface area (Å²) in [6, 6.07) is 7.73. The van der Waals surface area contributed by atoms with Crippen LogP contribution in [-0.4, -0.2) is 67.5 Å². The maximum absolute atomic E-state index is 13.0. The number of aryl methyl sites for hydroxylation is 1. The highest BCUT2D eigenvalue weighted by molar-refractivity contribution is 6.05. The number of hydrogen-bond donors (Lipinski definition) is 1. The molecule has 0 unspecified atom stereocenters. The summed E-state index contributed by atoms with van der Waals surface area (Å²) in [5.74, 6) is 0.161. The number of carbonyl (C=O) groups excluding carboxylic acids is 2. The molecule has 146 valence electrons. The van der Waals surface area contributed by atoms with Gasteiger partial charge < -0.3 is 14.8 Å². The summed E-state index contributed by atoms with van der Waals surface area (Å²) in [7, 11) is 0. The Labute approximate surface area is 163 Å². The molecule has 8 heteroatoms. The lowest BCUT2D eigenvalue weighted by atomic mass is 10.1. The first-order chi connectivity index (χ1) is 13.7. The van der Waals surface area contributed by atoms with Crippen LogP contribution in [0.15, 0.2) is 43.1 Å². The van der Waals surface area contributed by atoms with E-state index in [1.54, 1.807) is 11.0 Å². The summed E-state index contributed by atoms with van der Waals surface area (Å²) in [4.78, 5) is 36.4. The maximum Gasteiger partial charge on any atom is 0.256 e. The lowest BCUT2D eigenvalue weighted by Gasteiger charge is -2.22. The minimum absolute atomic E-state index is 0.0218. The van der Waals surface area contributed by atoms with Crippen LogP contribution in [0.1, 0.15) is 29.6 Å². The topological polar surface area (TPSA) is 87.1 Å². The molecule has 0 aliphatic carbocycles. The van der Waals surface area contributed by atoms with Crippen molar-refractivity contribution in [1.82, 2.24) is 29.5 Å². The van der Waals surface area contributed by atoms with Gasteiger partial charge >= 0.3 is 0 Å². The van der Waals surface area contributed by atoms with Crippen molar-refractivity contribution in [3.63, 3.8) is 0 Å². The third-order valence-electron chi connectivity index (χ3n) is 5.20. The highest BCUT2D eigenvalue weighted by Gasteiger charge is 2.23. The van der Waals surface area contributed by atoms with Gasteiger partial charge in [-0.1, -0.05) is 12.1 Å². The Hall–Kier alpha value is -3.16. The third-order valence-corrected chi connectivity index (χ3v) is 5.20. The van der Waals surface area contributed by atoms with Gasteiger partial charge in [0, 0.05) is 50.7 Å². The van der Waals surface area contributed by atoms with E-state index in [0.29, 0.717) is 44.7 Å². The molecule has 2 amide bonds. The van der Waals surface area contributed by atoms with Gasteiger partial charge in [0.25, 0.3) is 5.91 Å². The molecular weight excluding hydrogens is 356 g/mol. The summed E-state index contributed by atoms with van der Waals surface area (Å²) >= 11 is 0. The molecule has 1 N–H and O–H groups in total. The van der Waals surface area contributed by atoms with Gasteiger partial charge in [-0.3, -0.25) is 14.3 Å². The zero-order chi connectivity index (χ0) is 19.3. The van der Waals surface area contributed by atoms with Crippen molar-refractivity contribution in [3.05, 3.63) is 48.7 Å². The fraction of sp³-hybridized carbons (Fsp3) is 0.400. The zero-order valence-electron chi connectivity index (χ0n) is 15.8. The van der Waals surface area contributed by atoms with Gasteiger partial charge in [0.2, 0.25) is 5.91 Å². The molecule has 1 aromatic carbocycles. The number of aromatic amines is 1. The van der Waals surface area contributed by atoms with Crippen LogP contribution < -0.4 is 0 Å². The quantitative estimate of drug-likeness (QED) is 0.733. The van der Waals surface area contributed by atoms with E-state index in [2.05, 4.69) is 15.1 Å². The molecule has 8 nitrogen and oxygen atoms in total. The molecule has 1 saturated heterocycles. The SMILES string of the molecule is O=C(CCCn1cncn1)N1CCCN(C(=O)c2cccc3cc[nH]c23)CC1. The minimum Gasteiger partial charge on any atom is -0.361 e. The average Bonchev–Trinajstić information content (AvgIpc) is 3.34. The van der Waals surface area contributed by atoms with Crippen LogP contribution in [0.25, 0.3) is 10.9 Å². The number of H-pyrrole nitrogens is 1. The summed E-state index contributed by atoms with van der Waals surface area (Å²) in [6.07, 6.45) is 7.01. The van der Waals surface area contributed by atoms with Crippen molar-refractivity contribution >= 4 is 22.7 Å². The molecule has 3 heterocycles. The van der Waals surface area contributed by atoms with Crippen LogP contribution in [0.4, 0.5) is 0 Å². The number of para-hydroxylation sites is 1. The van der Waals surface area contributed by atoms with Crippen molar-refractivity contribution in [1.29, 1.82) is 0 Å². The second kappa shape index (κ2) is 8.24. The van der Waals surface area contributed by atoms with Crippen molar-refractivity contribution < 1.29 is 9.59 Å². The Morgan fingerprint density at radius 2 is 1.93 bits per heavy atom. The molecule has 0 saturated carbocycles. The van der Waals surface area contributed by atoms with Crippen molar-refractivity contribution in [2.75, 3.05) is 26.2 Å². The van der Waals surface area contributed by atoms with Crippen molar-refractivity contribution in [3.8, 4) is 0 Å². The Bertz CT molecular complexity index is 949. The monoisotopic (exact) mass is 380 g/mol. The van der Waals surface area contributed by atoms with Crippen LogP contribution in [0.5, 0.6) is 0 Å². The summed E-state index contributed by atoms with van der Waals surface area (Å²) in [6.45, 7) is 3.18. The van der Waals surface area contributed by atoms with Crippen molar-refractivity contribution in [2.45, 2.75) is 25.8 Å². The number of benzene rings is 1. The highest BCUT2D eigenvalue weighted by atomic mass is 16.2. The lowest BCUT2D eigenvalue weighted by Crippen LogP contribution is -2.37. The molecule has 28 heavy (non-hydrogen) atoms. The molecule has 0 bridgehead atoms. The smallest absolute Gasteiger partial charge is 0.256 e. The molecule has 1 aliphatic heterocycles. The van der Waals surface area contributed by atoms with Crippen LogP contribution in [0, 0.1) is 0 Å². The largest absolute Gasteiger partial charge is 0.361 e. The lowest BCUT2D eigenvalue weighted by molar-refractivity contribution is -0.131. The average molecular weight is 380 g/mol. The first kappa shape index (κ1) is 18.2. The van der Waals surface area contributed by atoms with E-state index in [1.807, 2.05) is 40.3 Å². The van der Waals surface area contributed by atoms with Gasteiger partial charge in [0.1, 0.15) is 12.7 Å². The predicted octanol–water partition coefficient (Wildman–Crippen LogP) is 1.91. The molecule has 2 aromatic heterocycles. The van der Waals surface area contributed by atoms with E-state index in [9.17, 15) is 9.59 Å². The van der Waals surface area contributed by atoms with E-state index in [0.717, 1.165) is 23.7 Å². The second-order valence-electron chi connectivity index (χ2n) is 7.04. The van der Waals surface area contributed by atoms with Gasteiger partial charge in [-0.05, 0) is 25.0 Å². The van der Waals surface area contributed by atoms with E-state index in [1.165, 1.54) is 6.33 Å². The molecular formula is C20H24N6O2. The van der Waals surface area contributed by atoms with E-state index < -0.39 is 0 Å². The Morgan fingerprint density at radius 1 is 1.07 bits per heavy atom. The fourth-order valence-corrected chi connectivity index (χ4v) is 3.70. The van der Waals surface area contributed by atoms with Gasteiger partial charge in [-0.2, -0.15) is 5.10 Å². The van der Waals surface area contributed by atoms with Crippen LogP contribution in [0.2, 0.25) is 0 Å². The van der Waals surface area contributed by atoms with Crippen LogP contribution in [0.3, 0.4) is 0 Å². The minimum atomic E-state index is 0.0218. The molecule has 3 aromatic rings. The number of nitrogens with one attached hydrogen (secondary N) is 1. The number of hydrogen-bond acceptors (Lipinski definition) is 4. The van der Waals surface area contributed by atoms with E-state index >= 15 is 0 Å². The summed E-state index contributed by atoms with van der Waals surface area (Å²) in [5, 5.41) is 5.08. The van der Waals surface area contributed by atoms with Crippen LogP contribution >= 0.6 is 0 Å². The Morgan fingerprint density at radius 3 is 2.79 bits per heavy atom. The van der Waals surface area contributed by atoms with Gasteiger partial charge in [-0.15, -0.1) is 0 Å². The molecule has 1 aliphatic rings. The number of fused-ring (bicyclic) bond motifs is 1. The normalized spacial score (nSPS) is 15.0. The predicted molar refractivity (Wildman–Crippen MR) is 105 cm³/mol. The Kier molecular flexibility index (Phi) is 5.36. The molecule has 1 fully saturated rings.